The molecule has 0 spiro atoms. The summed E-state index contributed by atoms with van der Waals surface area (Å²) in [5, 5.41) is 0. The number of fused-ring (bicyclic) bond motifs is 1. The van der Waals surface area contributed by atoms with Gasteiger partial charge in [-0.15, -0.1) is 0 Å². The summed E-state index contributed by atoms with van der Waals surface area (Å²) in [5.74, 6) is 0.848. The van der Waals surface area contributed by atoms with Gasteiger partial charge in [0.15, 0.2) is 0 Å². The third-order valence-corrected chi connectivity index (χ3v) is 3.70. The zero-order valence-electron chi connectivity index (χ0n) is 7.76. The molecule has 0 radical (unpaired) electrons. The standard InChI is InChI=1S/C10H14O2/c1-5(11)8-7(12)4-6-9(8)10(6,2)3/h6,8-9H,4H2,1-3H3. The maximum Gasteiger partial charge on any atom is 0.143 e. The highest BCUT2D eigenvalue weighted by molar-refractivity contribution is 6.04. The number of hydrogen-bond acceptors (Lipinski definition) is 2. The Morgan fingerprint density at radius 3 is 2.42 bits per heavy atom. The van der Waals surface area contributed by atoms with E-state index < -0.39 is 0 Å². The number of Topliss-reactive ketones (excluding diaryl/α,β-unsaturated/α-hetero) is 2. The molecular weight excluding hydrogens is 152 g/mol. The predicted octanol–water partition coefficient (Wildman–Crippen LogP) is 1.44. The number of rotatable bonds is 1. The minimum atomic E-state index is -0.259. The minimum Gasteiger partial charge on any atom is -0.299 e. The molecule has 2 nitrogen and oxygen atoms in total. The quantitative estimate of drug-likeness (QED) is 0.552. The molecule has 2 fully saturated rings. The molecule has 0 aromatic carbocycles. The Balaban J connectivity index is 2.24. The normalized spacial score (nSPS) is 42.6. The fourth-order valence-corrected chi connectivity index (χ4v) is 2.86. The summed E-state index contributed by atoms with van der Waals surface area (Å²) in [6.45, 7) is 5.86. The first-order chi connectivity index (χ1) is 5.46. The third kappa shape index (κ3) is 0.755. The highest BCUT2D eigenvalue weighted by Gasteiger charge is 2.68. The van der Waals surface area contributed by atoms with E-state index >= 15 is 0 Å². The molecule has 0 amide bonds. The highest BCUT2D eigenvalue weighted by Crippen LogP contribution is 2.67. The molecule has 3 atom stereocenters. The van der Waals surface area contributed by atoms with Crippen LogP contribution < -0.4 is 0 Å². The van der Waals surface area contributed by atoms with Crippen LogP contribution in [0.2, 0.25) is 0 Å². The average molecular weight is 166 g/mol. The lowest BCUT2D eigenvalue weighted by molar-refractivity contribution is -0.131. The van der Waals surface area contributed by atoms with Crippen molar-refractivity contribution in [2.24, 2.45) is 23.2 Å². The lowest BCUT2D eigenvalue weighted by atomic mass is 9.89. The molecule has 3 unspecified atom stereocenters. The number of hydrogen-bond donors (Lipinski definition) is 0. The molecule has 12 heavy (non-hydrogen) atoms. The van der Waals surface area contributed by atoms with Gasteiger partial charge in [0.1, 0.15) is 11.6 Å². The van der Waals surface area contributed by atoms with Crippen LogP contribution in [0.15, 0.2) is 0 Å². The van der Waals surface area contributed by atoms with E-state index in [0.29, 0.717) is 18.3 Å². The zero-order valence-corrected chi connectivity index (χ0v) is 7.76. The Bertz CT molecular complexity index is 265. The maximum atomic E-state index is 11.3. The Hall–Kier alpha value is -0.660. The Morgan fingerprint density at radius 2 is 2.08 bits per heavy atom. The molecule has 2 aliphatic rings. The van der Waals surface area contributed by atoms with Crippen molar-refractivity contribution in [3.63, 3.8) is 0 Å². The summed E-state index contributed by atoms with van der Waals surface area (Å²) in [5.41, 5.74) is 0.254. The van der Waals surface area contributed by atoms with Gasteiger partial charge in [-0.05, 0) is 24.2 Å². The molecule has 2 rings (SSSR count). The largest absolute Gasteiger partial charge is 0.299 e. The molecule has 0 aromatic heterocycles. The summed E-state index contributed by atoms with van der Waals surface area (Å²) >= 11 is 0. The summed E-state index contributed by atoms with van der Waals surface area (Å²) in [6, 6.07) is 0. The maximum absolute atomic E-state index is 11.3. The lowest BCUT2D eigenvalue weighted by Gasteiger charge is -2.12. The van der Waals surface area contributed by atoms with Crippen molar-refractivity contribution >= 4 is 11.6 Å². The number of carbonyl (C=O) groups excluding carboxylic acids is 2. The van der Waals surface area contributed by atoms with Crippen molar-refractivity contribution in [2.75, 3.05) is 0 Å². The van der Waals surface area contributed by atoms with Crippen molar-refractivity contribution in [3.05, 3.63) is 0 Å². The molecule has 0 aliphatic heterocycles. The van der Waals surface area contributed by atoms with Crippen molar-refractivity contribution in [3.8, 4) is 0 Å². The van der Waals surface area contributed by atoms with Crippen LogP contribution in [0.1, 0.15) is 27.2 Å². The predicted molar refractivity (Wildman–Crippen MR) is 44.6 cm³/mol. The van der Waals surface area contributed by atoms with E-state index in [4.69, 9.17) is 0 Å². The van der Waals surface area contributed by atoms with E-state index in [1.807, 2.05) is 0 Å². The minimum absolute atomic E-state index is 0.0677. The second kappa shape index (κ2) is 1.98. The molecule has 2 saturated carbocycles. The van der Waals surface area contributed by atoms with E-state index in [-0.39, 0.29) is 22.9 Å². The molecule has 0 bridgehead atoms. The van der Waals surface area contributed by atoms with Crippen LogP contribution in [0.4, 0.5) is 0 Å². The van der Waals surface area contributed by atoms with E-state index in [9.17, 15) is 9.59 Å². The first-order valence-corrected chi connectivity index (χ1v) is 4.49. The van der Waals surface area contributed by atoms with Crippen LogP contribution in [-0.4, -0.2) is 11.6 Å². The van der Waals surface area contributed by atoms with Gasteiger partial charge in [0, 0.05) is 6.42 Å². The molecule has 2 aliphatic carbocycles. The lowest BCUT2D eigenvalue weighted by Crippen LogP contribution is -2.23. The highest BCUT2D eigenvalue weighted by atomic mass is 16.2. The fourth-order valence-electron chi connectivity index (χ4n) is 2.86. The Kier molecular flexibility index (Phi) is 1.31. The van der Waals surface area contributed by atoms with E-state index in [0.717, 1.165) is 0 Å². The van der Waals surface area contributed by atoms with Gasteiger partial charge in [-0.3, -0.25) is 9.59 Å². The topological polar surface area (TPSA) is 34.1 Å². The van der Waals surface area contributed by atoms with Crippen LogP contribution in [0, 0.1) is 23.2 Å². The van der Waals surface area contributed by atoms with Gasteiger partial charge < -0.3 is 0 Å². The van der Waals surface area contributed by atoms with Gasteiger partial charge in [-0.2, -0.15) is 0 Å². The van der Waals surface area contributed by atoms with Gasteiger partial charge in [0.2, 0.25) is 0 Å². The SMILES string of the molecule is CC(=O)C1C(=O)CC2C1C2(C)C. The van der Waals surface area contributed by atoms with Crippen molar-refractivity contribution in [1.29, 1.82) is 0 Å². The molecule has 0 heterocycles. The van der Waals surface area contributed by atoms with Gasteiger partial charge in [0.05, 0.1) is 5.92 Å². The smallest absolute Gasteiger partial charge is 0.143 e. The third-order valence-electron chi connectivity index (χ3n) is 3.70. The zero-order chi connectivity index (χ0) is 9.09. The number of carbonyl (C=O) groups is 2. The second-order valence-corrected chi connectivity index (χ2v) is 4.71. The van der Waals surface area contributed by atoms with E-state index in [1.165, 1.54) is 0 Å². The summed E-state index contributed by atoms with van der Waals surface area (Å²) in [6.07, 6.45) is 0.641. The monoisotopic (exact) mass is 166 g/mol. The van der Waals surface area contributed by atoms with Gasteiger partial charge in [-0.1, -0.05) is 13.8 Å². The van der Waals surface area contributed by atoms with Gasteiger partial charge in [-0.25, -0.2) is 0 Å². The van der Waals surface area contributed by atoms with Crippen LogP contribution in [-0.2, 0) is 9.59 Å². The van der Waals surface area contributed by atoms with Crippen LogP contribution in [0.25, 0.3) is 0 Å². The molecule has 0 N–H and O–H groups in total. The first-order valence-electron chi connectivity index (χ1n) is 4.49. The first kappa shape index (κ1) is 7.96. The van der Waals surface area contributed by atoms with Crippen molar-refractivity contribution in [2.45, 2.75) is 27.2 Å². The molecule has 0 saturated heterocycles. The molecule has 66 valence electrons. The Labute approximate surface area is 72.3 Å². The second-order valence-electron chi connectivity index (χ2n) is 4.71. The number of ketones is 2. The average Bonchev–Trinajstić information content (AvgIpc) is 2.40. The van der Waals surface area contributed by atoms with Crippen LogP contribution >= 0.6 is 0 Å². The van der Waals surface area contributed by atoms with E-state index in [1.54, 1.807) is 6.92 Å². The van der Waals surface area contributed by atoms with E-state index in [2.05, 4.69) is 13.8 Å². The van der Waals surface area contributed by atoms with Crippen molar-refractivity contribution < 1.29 is 9.59 Å². The van der Waals surface area contributed by atoms with Crippen molar-refractivity contribution in [1.82, 2.24) is 0 Å². The molecule has 2 heteroatoms. The fraction of sp³-hybridized carbons (Fsp3) is 0.800. The van der Waals surface area contributed by atoms with Gasteiger partial charge >= 0.3 is 0 Å². The summed E-state index contributed by atoms with van der Waals surface area (Å²) < 4.78 is 0. The van der Waals surface area contributed by atoms with Crippen LogP contribution in [0.5, 0.6) is 0 Å². The summed E-state index contributed by atoms with van der Waals surface area (Å²) in [7, 11) is 0. The van der Waals surface area contributed by atoms with Crippen LogP contribution in [0.3, 0.4) is 0 Å². The Morgan fingerprint density at radius 1 is 1.50 bits per heavy atom. The molecular formula is C10H14O2. The summed E-state index contributed by atoms with van der Waals surface area (Å²) in [4.78, 5) is 22.5. The molecule has 0 aromatic rings. The van der Waals surface area contributed by atoms with Gasteiger partial charge in [0.25, 0.3) is 0 Å².